The fourth-order valence-corrected chi connectivity index (χ4v) is 4.92. The number of carbonyl (C=O) groups excluding carboxylic acids is 2. The van der Waals surface area contributed by atoms with Crippen LogP contribution in [0.1, 0.15) is 49.0 Å². The zero-order chi connectivity index (χ0) is 34.5. The molecule has 4 atom stereocenters. The predicted octanol–water partition coefficient (Wildman–Crippen LogP) is 3.35. The van der Waals surface area contributed by atoms with E-state index in [1.54, 1.807) is 6.07 Å². The topological polar surface area (TPSA) is 234 Å². The maximum Gasteiger partial charge on any atom is 0.309 e. The minimum atomic E-state index is -1.52. The molecular weight excluding hydrogens is 640 g/mol. The van der Waals surface area contributed by atoms with Gasteiger partial charge < -0.3 is 58.7 Å². The molecule has 3 aromatic rings. The lowest BCUT2D eigenvalue weighted by atomic mass is 10.0. The average Bonchev–Trinajstić information content (AvgIpc) is 3.05. The van der Waals surface area contributed by atoms with Crippen LogP contribution in [-0.2, 0) is 28.7 Å². The molecule has 2 heterocycles. The molecule has 5 N–H and O–H groups in total. The molecule has 254 valence electrons. The van der Waals surface area contributed by atoms with Crippen LogP contribution >= 0.6 is 0 Å². The highest BCUT2D eigenvalue weighted by atomic mass is 16.7. The molecule has 16 heteroatoms. The first kappa shape index (κ1) is 33.3. The summed E-state index contributed by atoms with van der Waals surface area (Å²) in [5, 5.41) is 48.3. The van der Waals surface area contributed by atoms with Gasteiger partial charge in [0.15, 0.2) is 52.8 Å². The van der Waals surface area contributed by atoms with E-state index in [-0.39, 0.29) is 53.3 Å². The van der Waals surface area contributed by atoms with Gasteiger partial charge in [0, 0.05) is 23.3 Å². The van der Waals surface area contributed by atoms with Crippen LogP contribution in [0.2, 0.25) is 0 Å². The van der Waals surface area contributed by atoms with Crippen molar-refractivity contribution in [3.63, 3.8) is 0 Å². The van der Waals surface area contributed by atoms with Crippen LogP contribution in [0.5, 0.6) is 46.0 Å². The Kier molecular flexibility index (Phi) is 9.82. The average molecular weight is 671 g/mol. The zero-order valence-corrected chi connectivity index (χ0v) is 25.2. The first-order valence-electron chi connectivity index (χ1n) is 14.4. The summed E-state index contributed by atoms with van der Waals surface area (Å²) in [4.78, 5) is 46.5. The van der Waals surface area contributed by atoms with Gasteiger partial charge in [-0.1, -0.05) is 12.1 Å². The number of methoxy groups -OCH3 is 1. The van der Waals surface area contributed by atoms with E-state index < -0.39 is 73.5 Å². The van der Waals surface area contributed by atoms with E-state index in [0.29, 0.717) is 11.1 Å². The van der Waals surface area contributed by atoms with Crippen LogP contribution in [0.4, 0.5) is 0 Å². The molecule has 0 saturated carbocycles. The lowest BCUT2D eigenvalue weighted by Crippen LogP contribution is -2.38. The number of fused-ring (bicyclic) bond motifs is 2. The number of ether oxygens (including phenoxy) is 7. The molecular formula is C32H30O16. The van der Waals surface area contributed by atoms with Crippen molar-refractivity contribution in [2.75, 3.05) is 13.7 Å². The minimum absolute atomic E-state index is 0.0796. The number of benzene rings is 3. The Morgan fingerprint density at radius 2 is 1.35 bits per heavy atom. The third-order valence-electron chi connectivity index (χ3n) is 7.20. The number of rotatable bonds is 12. The summed E-state index contributed by atoms with van der Waals surface area (Å²) >= 11 is 0. The lowest BCUT2D eigenvalue weighted by molar-refractivity contribution is -0.184. The molecule has 5 rings (SSSR count). The van der Waals surface area contributed by atoms with Gasteiger partial charge in [0.25, 0.3) is 6.29 Å². The Labute approximate surface area is 271 Å². The third kappa shape index (κ3) is 7.66. The predicted molar refractivity (Wildman–Crippen MR) is 157 cm³/mol. The van der Waals surface area contributed by atoms with Crippen molar-refractivity contribution in [2.24, 2.45) is 0 Å². The second kappa shape index (κ2) is 14.1. The van der Waals surface area contributed by atoms with Crippen LogP contribution in [0.3, 0.4) is 0 Å². The van der Waals surface area contributed by atoms with Gasteiger partial charge in [-0.2, -0.15) is 0 Å². The van der Waals surface area contributed by atoms with Crippen molar-refractivity contribution >= 4 is 23.9 Å². The van der Waals surface area contributed by atoms with Gasteiger partial charge in [0.1, 0.15) is 12.4 Å². The molecule has 0 amide bonds. The van der Waals surface area contributed by atoms with E-state index in [9.17, 15) is 34.5 Å². The summed E-state index contributed by atoms with van der Waals surface area (Å²) in [6, 6.07) is 11.1. The van der Waals surface area contributed by atoms with Crippen LogP contribution in [0.15, 0.2) is 48.5 Å². The van der Waals surface area contributed by atoms with Gasteiger partial charge in [-0.3, -0.25) is 19.2 Å². The first-order chi connectivity index (χ1) is 22.9. The fraction of sp³-hybridized carbons (Fsp3) is 0.312. The minimum Gasteiger partial charge on any atom is -0.508 e. The highest BCUT2D eigenvalue weighted by Crippen LogP contribution is 2.49. The van der Waals surface area contributed by atoms with E-state index >= 15 is 0 Å². The second-order valence-electron chi connectivity index (χ2n) is 10.6. The first-order valence-corrected chi connectivity index (χ1v) is 14.4. The van der Waals surface area contributed by atoms with E-state index in [0.717, 1.165) is 6.07 Å². The fourth-order valence-electron chi connectivity index (χ4n) is 4.92. The van der Waals surface area contributed by atoms with Crippen molar-refractivity contribution < 1.29 is 77.9 Å². The molecule has 0 fully saturated rings. The van der Waals surface area contributed by atoms with Gasteiger partial charge in [-0.25, -0.2) is 0 Å². The van der Waals surface area contributed by atoms with Gasteiger partial charge in [-0.15, -0.1) is 0 Å². The van der Waals surface area contributed by atoms with Crippen LogP contribution < -0.4 is 23.7 Å². The van der Waals surface area contributed by atoms with Gasteiger partial charge >= 0.3 is 23.9 Å². The number of esters is 2. The number of carbonyl (C=O) groups is 4. The van der Waals surface area contributed by atoms with Gasteiger partial charge in [-0.05, 0) is 24.3 Å². The molecule has 0 spiro atoms. The molecule has 0 saturated heterocycles. The number of phenols is 3. The molecule has 48 heavy (non-hydrogen) atoms. The number of phenolic OH excluding ortho intramolecular Hbond substituents is 3. The van der Waals surface area contributed by atoms with Gasteiger partial charge in [0.2, 0.25) is 5.75 Å². The number of aliphatic carboxylic acids is 2. The molecule has 4 unspecified atom stereocenters. The number of hydrogen-bond donors (Lipinski definition) is 5. The Morgan fingerprint density at radius 1 is 0.688 bits per heavy atom. The molecule has 0 radical (unpaired) electrons. The van der Waals surface area contributed by atoms with Crippen LogP contribution in [0.25, 0.3) is 0 Å². The summed E-state index contributed by atoms with van der Waals surface area (Å²) in [7, 11) is 1.36. The normalized spacial score (nSPS) is 19.1. The Balaban J connectivity index is 1.46. The summed E-state index contributed by atoms with van der Waals surface area (Å²) < 4.78 is 40.2. The molecule has 0 aromatic heterocycles. The highest BCUT2D eigenvalue weighted by molar-refractivity contribution is 5.77. The molecule has 2 aliphatic rings. The quantitative estimate of drug-likeness (QED) is 0.174. The summed E-state index contributed by atoms with van der Waals surface area (Å²) in [6.45, 7) is -0.328. The molecule has 16 nitrogen and oxygen atoms in total. The lowest BCUT2D eigenvalue weighted by Gasteiger charge is -2.36. The maximum absolute atomic E-state index is 12.5. The molecule has 0 bridgehead atoms. The smallest absolute Gasteiger partial charge is 0.309 e. The van der Waals surface area contributed by atoms with Crippen LogP contribution in [-0.4, -0.2) is 75.5 Å². The molecule has 3 aromatic carbocycles. The zero-order valence-electron chi connectivity index (χ0n) is 25.2. The Bertz CT molecular complexity index is 1720. The van der Waals surface area contributed by atoms with E-state index in [1.165, 1.54) is 43.5 Å². The second-order valence-corrected chi connectivity index (χ2v) is 10.6. The molecule has 0 aliphatic carbocycles. The Morgan fingerprint density at radius 3 is 2.06 bits per heavy atom. The standard InChI is InChI=1S/C32H30O16/c1-42-21-10-15(2-4-18(21)34)29-24(14-43-27(40)8-6-25(36)37)44-20-5-3-16(11-22(20)45-29)30-32(47-28(41)9-7-26(38)39)48-31-19(35)12-17(33)13-23(31)46-30/h2-5,10-13,24,29-30,32-35H,6-9,14H2,1H3,(H,36,37)(H,38,39). The largest absolute Gasteiger partial charge is 0.508 e. The maximum atomic E-state index is 12.5. The van der Waals surface area contributed by atoms with Crippen molar-refractivity contribution in [3.8, 4) is 46.0 Å². The van der Waals surface area contributed by atoms with E-state index in [4.69, 9.17) is 43.4 Å². The van der Waals surface area contributed by atoms with Crippen molar-refractivity contribution in [1.82, 2.24) is 0 Å². The SMILES string of the molecule is COc1cc(C2Oc3cc(C4Oc5cc(O)cc(O)c5OC4OC(=O)CCC(=O)O)ccc3OC2COC(=O)CCC(=O)O)ccc1O. The number of carboxylic acid groups (broad SMARTS) is 2. The van der Waals surface area contributed by atoms with Gasteiger partial charge in [0.05, 0.1) is 32.8 Å². The third-order valence-corrected chi connectivity index (χ3v) is 7.20. The highest BCUT2D eigenvalue weighted by Gasteiger charge is 2.40. The summed E-state index contributed by atoms with van der Waals surface area (Å²) in [5.41, 5.74) is 0.761. The molecule has 2 aliphatic heterocycles. The van der Waals surface area contributed by atoms with E-state index in [1.807, 2.05) is 0 Å². The van der Waals surface area contributed by atoms with Crippen molar-refractivity contribution in [2.45, 2.75) is 50.3 Å². The summed E-state index contributed by atoms with van der Waals surface area (Å²) in [6.07, 6.45) is -6.40. The van der Waals surface area contributed by atoms with Crippen molar-refractivity contribution in [3.05, 3.63) is 59.7 Å². The van der Waals surface area contributed by atoms with Crippen molar-refractivity contribution in [1.29, 1.82) is 0 Å². The number of carboxylic acids is 2. The van der Waals surface area contributed by atoms with Crippen LogP contribution in [0, 0.1) is 0 Å². The Hall–Kier alpha value is -6.06. The monoisotopic (exact) mass is 670 g/mol. The number of hydrogen-bond acceptors (Lipinski definition) is 14. The number of aromatic hydroxyl groups is 3. The summed E-state index contributed by atoms with van der Waals surface area (Å²) in [5.74, 6) is -4.87. The van der Waals surface area contributed by atoms with E-state index in [2.05, 4.69) is 0 Å².